The molecule has 1 aliphatic heterocycles. The summed E-state index contributed by atoms with van der Waals surface area (Å²) in [5.74, 6) is -0.0684. The molecule has 1 fully saturated rings. The third-order valence-corrected chi connectivity index (χ3v) is 6.41. The third-order valence-electron chi connectivity index (χ3n) is 6.41. The van der Waals surface area contributed by atoms with Gasteiger partial charge in [-0.25, -0.2) is 4.39 Å². The lowest BCUT2D eigenvalue weighted by Crippen LogP contribution is -2.38. The quantitative estimate of drug-likeness (QED) is 0.631. The average Bonchev–Trinajstić information content (AvgIpc) is 3.17. The Morgan fingerprint density at radius 2 is 2.00 bits per heavy atom. The summed E-state index contributed by atoms with van der Waals surface area (Å²) in [5.41, 5.74) is 10.2. The average molecular weight is 424 g/mol. The molecule has 3 aromatic rings. The summed E-state index contributed by atoms with van der Waals surface area (Å²) < 4.78 is 16.5. The van der Waals surface area contributed by atoms with Crippen LogP contribution >= 0.6 is 0 Å². The molecule has 2 aromatic carbocycles. The first-order chi connectivity index (χ1) is 15.0. The summed E-state index contributed by atoms with van der Waals surface area (Å²) in [4.78, 5) is 15.3. The van der Waals surface area contributed by atoms with Crippen LogP contribution in [0.3, 0.4) is 0 Å². The predicted molar refractivity (Wildman–Crippen MR) is 121 cm³/mol. The van der Waals surface area contributed by atoms with Crippen LogP contribution < -0.4 is 5.73 Å². The van der Waals surface area contributed by atoms with E-state index in [2.05, 4.69) is 4.57 Å². The van der Waals surface area contributed by atoms with Crippen molar-refractivity contribution < 1.29 is 14.3 Å². The summed E-state index contributed by atoms with van der Waals surface area (Å²) in [6.07, 6.45) is 4.04. The molecule has 0 bridgehead atoms. The van der Waals surface area contributed by atoms with Crippen LogP contribution in [0, 0.1) is 12.7 Å². The highest BCUT2D eigenvalue weighted by Crippen LogP contribution is 2.32. The highest BCUT2D eigenvalue weighted by atomic mass is 19.1. The fraction of sp³-hybridized carbons (Fsp3) is 0.400. The Morgan fingerprint density at radius 1 is 1.23 bits per heavy atom. The van der Waals surface area contributed by atoms with E-state index in [1.54, 1.807) is 6.07 Å². The van der Waals surface area contributed by atoms with Gasteiger partial charge in [0.15, 0.2) is 0 Å². The molecular weight excluding hydrogens is 393 g/mol. The maximum absolute atomic E-state index is 14.4. The number of aliphatic hydroxyl groups is 1. The number of para-hydroxylation sites is 1. The maximum Gasteiger partial charge on any atom is 0.256 e. The number of aryl methyl sites for hydroxylation is 2. The molecule has 0 atom stereocenters. The lowest BCUT2D eigenvalue weighted by molar-refractivity contribution is 0.0714. The predicted octanol–water partition coefficient (Wildman–Crippen LogP) is 3.95. The number of hydrogen-bond donors (Lipinski definition) is 2. The van der Waals surface area contributed by atoms with Crippen molar-refractivity contribution in [3.8, 4) is 0 Å². The molecule has 3 N–H and O–H groups in total. The summed E-state index contributed by atoms with van der Waals surface area (Å²) in [6, 6.07) is 11.1. The highest BCUT2D eigenvalue weighted by molar-refractivity contribution is 6.07. The van der Waals surface area contributed by atoms with Crippen LogP contribution in [0.2, 0.25) is 0 Å². The van der Waals surface area contributed by atoms with Gasteiger partial charge in [-0.15, -0.1) is 0 Å². The lowest BCUT2D eigenvalue weighted by Gasteiger charge is -2.32. The number of likely N-dealkylation sites (tertiary alicyclic amines) is 1. The molecule has 0 unspecified atom stereocenters. The van der Waals surface area contributed by atoms with Crippen LogP contribution in [0.25, 0.3) is 10.9 Å². The minimum absolute atomic E-state index is 0.0213. The van der Waals surface area contributed by atoms with E-state index >= 15 is 0 Å². The number of hydrogen-bond acceptors (Lipinski definition) is 3. The normalized spacial score (nSPS) is 15.0. The zero-order chi connectivity index (χ0) is 22.0. The Labute approximate surface area is 182 Å². The fourth-order valence-electron chi connectivity index (χ4n) is 4.73. The summed E-state index contributed by atoms with van der Waals surface area (Å²) >= 11 is 0. The molecule has 2 heterocycles. The number of aromatic nitrogens is 1. The van der Waals surface area contributed by atoms with Crippen LogP contribution in [0.15, 0.2) is 42.6 Å². The van der Waals surface area contributed by atoms with Gasteiger partial charge in [0.25, 0.3) is 5.91 Å². The van der Waals surface area contributed by atoms with Crippen LogP contribution in [0.5, 0.6) is 0 Å². The van der Waals surface area contributed by atoms with Crippen LogP contribution in [-0.4, -0.2) is 40.2 Å². The van der Waals surface area contributed by atoms with Crippen LogP contribution in [0.1, 0.15) is 52.2 Å². The Kier molecular flexibility index (Phi) is 6.39. The number of amides is 1. The highest BCUT2D eigenvalue weighted by Gasteiger charge is 2.28. The molecule has 1 aliphatic rings. The summed E-state index contributed by atoms with van der Waals surface area (Å²) in [5, 5.41) is 10.2. The molecular formula is C25H30FN3O2. The van der Waals surface area contributed by atoms with Crippen LogP contribution in [-0.2, 0) is 13.1 Å². The molecule has 0 spiro atoms. The van der Waals surface area contributed by atoms with Gasteiger partial charge in [0.2, 0.25) is 0 Å². The van der Waals surface area contributed by atoms with Gasteiger partial charge in [0.1, 0.15) is 5.82 Å². The van der Waals surface area contributed by atoms with Crippen molar-refractivity contribution in [2.75, 3.05) is 19.7 Å². The molecule has 1 amide bonds. The number of fused-ring (bicyclic) bond motifs is 1. The smallest absolute Gasteiger partial charge is 0.256 e. The number of carbonyl (C=O) groups excluding carboxylic acids is 1. The van der Waals surface area contributed by atoms with Crippen molar-refractivity contribution in [1.82, 2.24) is 9.47 Å². The van der Waals surface area contributed by atoms with Gasteiger partial charge in [-0.05, 0) is 54.9 Å². The third kappa shape index (κ3) is 4.23. The molecule has 164 valence electrons. The second kappa shape index (κ2) is 9.20. The van der Waals surface area contributed by atoms with Gasteiger partial charge in [0.05, 0.1) is 11.1 Å². The standard InChI is InChI=1S/C25H30FN3O2/c1-17-4-2-5-20-22(16-29(24(17)20)10-3-13-30)25(31)28-11-8-19(9-12-28)21-14-18(15-27)6-7-23(21)26/h2,4-7,14,16,19,30H,3,8-13,15,27H2,1H3. The number of halogens is 1. The van der Waals surface area contributed by atoms with Gasteiger partial charge in [0, 0.05) is 44.4 Å². The molecule has 5 nitrogen and oxygen atoms in total. The summed E-state index contributed by atoms with van der Waals surface area (Å²) in [6.45, 7) is 4.43. The molecule has 1 saturated heterocycles. The molecule has 31 heavy (non-hydrogen) atoms. The van der Waals surface area contributed by atoms with Crippen molar-refractivity contribution in [3.05, 3.63) is 70.7 Å². The van der Waals surface area contributed by atoms with Gasteiger partial charge >= 0.3 is 0 Å². The van der Waals surface area contributed by atoms with Crippen molar-refractivity contribution in [2.24, 2.45) is 5.73 Å². The molecule has 0 aliphatic carbocycles. The van der Waals surface area contributed by atoms with E-state index in [1.807, 2.05) is 42.3 Å². The fourth-order valence-corrected chi connectivity index (χ4v) is 4.73. The molecule has 0 radical (unpaired) electrons. The second-order valence-corrected chi connectivity index (χ2v) is 8.41. The Bertz CT molecular complexity index is 1080. The first-order valence-corrected chi connectivity index (χ1v) is 11.0. The first-order valence-electron chi connectivity index (χ1n) is 11.0. The minimum Gasteiger partial charge on any atom is -0.396 e. The lowest BCUT2D eigenvalue weighted by atomic mass is 9.88. The monoisotopic (exact) mass is 423 g/mol. The molecule has 6 heteroatoms. The molecule has 0 saturated carbocycles. The van der Waals surface area contributed by atoms with Gasteiger partial charge < -0.3 is 20.3 Å². The van der Waals surface area contributed by atoms with E-state index < -0.39 is 0 Å². The van der Waals surface area contributed by atoms with Gasteiger partial charge in [-0.2, -0.15) is 0 Å². The van der Waals surface area contributed by atoms with E-state index in [4.69, 9.17) is 5.73 Å². The minimum atomic E-state index is -0.190. The zero-order valence-corrected chi connectivity index (χ0v) is 18.0. The van der Waals surface area contributed by atoms with E-state index in [-0.39, 0.29) is 24.2 Å². The second-order valence-electron chi connectivity index (χ2n) is 8.41. The number of benzene rings is 2. The van der Waals surface area contributed by atoms with Crippen molar-refractivity contribution in [2.45, 2.75) is 45.2 Å². The number of nitrogens with zero attached hydrogens (tertiary/aromatic N) is 2. The van der Waals surface area contributed by atoms with Crippen LogP contribution in [0.4, 0.5) is 4.39 Å². The van der Waals surface area contributed by atoms with Crippen molar-refractivity contribution in [1.29, 1.82) is 0 Å². The number of nitrogens with two attached hydrogens (primary N) is 1. The van der Waals surface area contributed by atoms with E-state index in [1.165, 1.54) is 6.07 Å². The topological polar surface area (TPSA) is 71.5 Å². The first kappa shape index (κ1) is 21.5. The maximum atomic E-state index is 14.4. The zero-order valence-electron chi connectivity index (χ0n) is 18.0. The van der Waals surface area contributed by atoms with Crippen molar-refractivity contribution in [3.63, 3.8) is 0 Å². The SMILES string of the molecule is Cc1cccc2c(C(=O)N3CCC(c4cc(CN)ccc4F)CC3)cn(CCCO)c12. The number of carbonyl (C=O) groups is 1. The number of piperidine rings is 1. The van der Waals surface area contributed by atoms with E-state index in [9.17, 15) is 14.3 Å². The van der Waals surface area contributed by atoms with E-state index in [0.29, 0.717) is 43.7 Å². The van der Waals surface area contributed by atoms with Crippen molar-refractivity contribution >= 4 is 16.8 Å². The summed E-state index contributed by atoms with van der Waals surface area (Å²) in [7, 11) is 0. The number of rotatable bonds is 6. The molecule has 4 rings (SSSR count). The van der Waals surface area contributed by atoms with E-state index in [0.717, 1.165) is 34.9 Å². The Morgan fingerprint density at radius 3 is 2.71 bits per heavy atom. The van der Waals surface area contributed by atoms with Gasteiger partial charge in [-0.3, -0.25) is 4.79 Å². The van der Waals surface area contributed by atoms with Gasteiger partial charge in [-0.1, -0.05) is 30.3 Å². The Hall–Kier alpha value is -2.70. The molecule has 1 aromatic heterocycles. The largest absolute Gasteiger partial charge is 0.396 e. The number of aliphatic hydroxyl groups excluding tert-OH is 1. The Balaban J connectivity index is 1.54.